The van der Waals surface area contributed by atoms with Crippen LogP contribution in [-0.4, -0.2) is 41.3 Å². The van der Waals surface area contributed by atoms with Crippen LogP contribution in [0.15, 0.2) is 12.3 Å². The smallest absolute Gasteiger partial charge is 0.330 e. The molecule has 1 aromatic rings. The molecule has 0 spiro atoms. The van der Waals surface area contributed by atoms with Gasteiger partial charge in [0.05, 0.1) is 18.7 Å². The molecule has 6 nitrogen and oxygen atoms in total. The van der Waals surface area contributed by atoms with E-state index in [9.17, 15) is 9.59 Å². The van der Waals surface area contributed by atoms with Gasteiger partial charge in [0.15, 0.2) is 6.04 Å². The number of hydrogen-bond donors (Lipinski definition) is 2. The highest BCUT2D eigenvalue weighted by Crippen LogP contribution is 2.14. The molecule has 100 valence electrons. The van der Waals surface area contributed by atoms with Crippen LogP contribution in [0.25, 0.3) is 0 Å². The number of aliphatic hydroxyl groups excluding tert-OH is 1. The van der Waals surface area contributed by atoms with Crippen LogP contribution in [-0.2, 0) is 16.1 Å². The Bertz CT molecular complexity index is 444. The largest absolute Gasteiger partial charge is 0.467 e. The zero-order chi connectivity index (χ0) is 13.7. The van der Waals surface area contributed by atoms with Crippen molar-refractivity contribution in [3.63, 3.8) is 0 Å². The SMILES string of the molecule is CCn1cc(Cl)cc1C(=O)NC(CO)C(=O)OC. The van der Waals surface area contributed by atoms with Crippen LogP contribution in [0.3, 0.4) is 0 Å². The maximum Gasteiger partial charge on any atom is 0.330 e. The first-order chi connectivity index (χ1) is 8.53. The van der Waals surface area contributed by atoms with Crippen LogP contribution in [0, 0.1) is 0 Å². The standard InChI is InChI=1S/C11H15ClN2O4/c1-3-14-5-7(12)4-9(14)10(16)13-8(6-15)11(17)18-2/h4-5,8,15H,3,6H2,1-2H3,(H,13,16). The Morgan fingerprint density at radius 2 is 2.28 bits per heavy atom. The van der Waals surface area contributed by atoms with Crippen molar-refractivity contribution >= 4 is 23.5 Å². The summed E-state index contributed by atoms with van der Waals surface area (Å²) in [5.41, 5.74) is 0.324. The number of nitrogens with zero attached hydrogens (tertiary/aromatic N) is 1. The number of carbonyl (C=O) groups is 2. The number of aromatic nitrogens is 1. The van der Waals surface area contributed by atoms with Gasteiger partial charge in [0, 0.05) is 12.7 Å². The lowest BCUT2D eigenvalue weighted by Crippen LogP contribution is -2.44. The molecular weight excluding hydrogens is 260 g/mol. The van der Waals surface area contributed by atoms with Gasteiger partial charge in [0.1, 0.15) is 5.69 Å². The third-order valence-electron chi connectivity index (χ3n) is 2.41. The fourth-order valence-electron chi connectivity index (χ4n) is 1.48. The lowest BCUT2D eigenvalue weighted by Gasteiger charge is -2.14. The molecule has 0 aliphatic rings. The van der Waals surface area contributed by atoms with Gasteiger partial charge in [-0.05, 0) is 13.0 Å². The number of methoxy groups -OCH3 is 1. The van der Waals surface area contributed by atoms with Crippen molar-refractivity contribution in [2.45, 2.75) is 19.5 Å². The molecular formula is C11H15ClN2O4. The molecule has 1 unspecified atom stereocenters. The molecule has 1 amide bonds. The quantitative estimate of drug-likeness (QED) is 0.763. The van der Waals surface area contributed by atoms with Gasteiger partial charge in [0.2, 0.25) is 0 Å². The monoisotopic (exact) mass is 274 g/mol. The summed E-state index contributed by atoms with van der Waals surface area (Å²) < 4.78 is 6.10. The van der Waals surface area contributed by atoms with Crippen molar-refractivity contribution in [3.05, 3.63) is 23.0 Å². The molecule has 0 fully saturated rings. The fraction of sp³-hybridized carbons (Fsp3) is 0.455. The van der Waals surface area contributed by atoms with Crippen LogP contribution in [0.4, 0.5) is 0 Å². The highest BCUT2D eigenvalue weighted by Gasteiger charge is 2.22. The fourth-order valence-corrected chi connectivity index (χ4v) is 1.70. The molecule has 0 radical (unpaired) electrons. The number of carbonyl (C=O) groups excluding carboxylic acids is 2. The number of hydrogen-bond acceptors (Lipinski definition) is 4. The lowest BCUT2D eigenvalue weighted by atomic mass is 10.3. The molecule has 0 aliphatic carbocycles. The number of aryl methyl sites for hydroxylation is 1. The number of nitrogens with one attached hydrogen (secondary N) is 1. The second-order valence-corrected chi connectivity index (χ2v) is 4.00. The molecule has 0 aliphatic heterocycles. The molecule has 1 rings (SSSR count). The van der Waals surface area contributed by atoms with Gasteiger partial charge in [-0.3, -0.25) is 4.79 Å². The average molecular weight is 275 g/mol. The van der Waals surface area contributed by atoms with Gasteiger partial charge >= 0.3 is 5.97 Å². The minimum Gasteiger partial charge on any atom is -0.467 e. The van der Waals surface area contributed by atoms with Crippen molar-refractivity contribution in [3.8, 4) is 0 Å². The second kappa shape index (κ2) is 6.42. The summed E-state index contributed by atoms with van der Waals surface area (Å²) in [7, 11) is 1.18. The number of halogens is 1. The van der Waals surface area contributed by atoms with Crippen molar-refractivity contribution in [1.29, 1.82) is 0 Å². The van der Waals surface area contributed by atoms with Crippen molar-refractivity contribution in [2.24, 2.45) is 0 Å². The van der Waals surface area contributed by atoms with Gasteiger partial charge in [-0.15, -0.1) is 0 Å². The number of esters is 1. The van der Waals surface area contributed by atoms with Crippen LogP contribution in [0.5, 0.6) is 0 Å². The molecule has 2 N–H and O–H groups in total. The number of aliphatic hydroxyl groups is 1. The third kappa shape index (κ3) is 3.24. The van der Waals surface area contributed by atoms with E-state index in [0.717, 1.165) is 0 Å². The van der Waals surface area contributed by atoms with E-state index in [-0.39, 0.29) is 0 Å². The summed E-state index contributed by atoms with van der Waals surface area (Å²) in [4.78, 5) is 23.2. The minimum absolute atomic E-state index is 0.324. The second-order valence-electron chi connectivity index (χ2n) is 3.56. The Balaban J connectivity index is 2.83. The van der Waals surface area contributed by atoms with Gasteiger partial charge in [-0.25, -0.2) is 4.79 Å². The van der Waals surface area contributed by atoms with E-state index in [1.807, 2.05) is 6.92 Å². The van der Waals surface area contributed by atoms with Crippen molar-refractivity contribution in [1.82, 2.24) is 9.88 Å². The molecule has 1 atom stereocenters. The number of amides is 1. The van der Waals surface area contributed by atoms with Crippen molar-refractivity contribution < 1.29 is 19.4 Å². The van der Waals surface area contributed by atoms with Gasteiger partial charge < -0.3 is 19.7 Å². The molecule has 7 heteroatoms. The first-order valence-electron chi connectivity index (χ1n) is 5.38. The van der Waals surface area contributed by atoms with E-state index in [0.29, 0.717) is 17.3 Å². The number of rotatable bonds is 5. The Morgan fingerprint density at radius 3 is 2.78 bits per heavy atom. The topological polar surface area (TPSA) is 80.6 Å². The lowest BCUT2D eigenvalue weighted by molar-refractivity contribution is -0.143. The number of ether oxygens (including phenoxy) is 1. The summed E-state index contributed by atoms with van der Waals surface area (Å²) in [6, 6.07) is 0.410. The average Bonchev–Trinajstić information content (AvgIpc) is 2.76. The highest BCUT2D eigenvalue weighted by molar-refractivity contribution is 6.31. The van der Waals surface area contributed by atoms with Gasteiger partial charge in [-0.2, -0.15) is 0 Å². The Labute approximate surface area is 109 Å². The first-order valence-corrected chi connectivity index (χ1v) is 5.76. The zero-order valence-electron chi connectivity index (χ0n) is 10.1. The van der Waals surface area contributed by atoms with E-state index < -0.39 is 24.5 Å². The van der Waals surface area contributed by atoms with E-state index in [1.165, 1.54) is 13.2 Å². The first kappa shape index (κ1) is 14.5. The normalized spacial score (nSPS) is 12.0. The molecule has 0 bridgehead atoms. The molecule has 1 aromatic heterocycles. The summed E-state index contributed by atoms with van der Waals surface area (Å²) in [6.07, 6.45) is 1.61. The molecule has 0 saturated heterocycles. The van der Waals surface area contributed by atoms with Gasteiger partial charge in [-0.1, -0.05) is 11.6 Å². The molecule has 18 heavy (non-hydrogen) atoms. The molecule has 0 aromatic carbocycles. The third-order valence-corrected chi connectivity index (χ3v) is 2.62. The van der Waals surface area contributed by atoms with Crippen LogP contribution >= 0.6 is 11.6 Å². The van der Waals surface area contributed by atoms with Gasteiger partial charge in [0.25, 0.3) is 5.91 Å². The van der Waals surface area contributed by atoms with Crippen molar-refractivity contribution in [2.75, 3.05) is 13.7 Å². The maximum atomic E-state index is 11.9. The predicted octanol–water partition coefficient (Wildman–Crippen LogP) is 0.425. The molecule has 1 heterocycles. The van der Waals surface area contributed by atoms with E-state index in [1.54, 1.807) is 10.8 Å². The predicted molar refractivity (Wildman–Crippen MR) is 65.5 cm³/mol. The minimum atomic E-state index is -1.08. The Hall–Kier alpha value is -1.53. The van der Waals surface area contributed by atoms with Crippen LogP contribution in [0.1, 0.15) is 17.4 Å². The maximum absolute atomic E-state index is 11.9. The van der Waals surface area contributed by atoms with E-state index in [4.69, 9.17) is 16.7 Å². The Morgan fingerprint density at radius 1 is 1.61 bits per heavy atom. The summed E-state index contributed by atoms with van der Waals surface area (Å²) in [5.74, 6) is -1.19. The van der Waals surface area contributed by atoms with Crippen LogP contribution in [0.2, 0.25) is 5.02 Å². The highest BCUT2D eigenvalue weighted by atomic mass is 35.5. The zero-order valence-corrected chi connectivity index (χ0v) is 10.9. The molecule has 0 saturated carbocycles. The Kier molecular flexibility index (Phi) is 5.18. The summed E-state index contributed by atoms with van der Waals surface area (Å²) in [5, 5.41) is 11.8. The summed E-state index contributed by atoms with van der Waals surface area (Å²) in [6.45, 7) is 1.90. The van der Waals surface area contributed by atoms with E-state index in [2.05, 4.69) is 10.1 Å². The summed E-state index contributed by atoms with van der Waals surface area (Å²) >= 11 is 5.81. The van der Waals surface area contributed by atoms with E-state index >= 15 is 0 Å². The van der Waals surface area contributed by atoms with Crippen LogP contribution < -0.4 is 5.32 Å².